The second-order valence-corrected chi connectivity index (χ2v) is 7.99. The molecule has 2 aromatic carbocycles. The normalized spacial score (nSPS) is 12.9. The minimum atomic E-state index is -2.78. The number of anilines is 5. The fourth-order valence-corrected chi connectivity index (χ4v) is 3.79. The third-order valence-electron chi connectivity index (χ3n) is 5.41. The smallest absolute Gasteiger partial charge is 0.330 e. The molecule has 36 heavy (non-hydrogen) atoms. The number of fused-ring (bicyclic) bond motifs is 1. The first-order chi connectivity index (χ1) is 17.3. The van der Waals surface area contributed by atoms with Crippen LogP contribution in [0.5, 0.6) is 5.75 Å². The van der Waals surface area contributed by atoms with Gasteiger partial charge in [-0.2, -0.15) is 4.98 Å². The van der Waals surface area contributed by atoms with Gasteiger partial charge in [0.25, 0.3) is 6.43 Å². The molecule has 0 aliphatic carbocycles. The van der Waals surface area contributed by atoms with Crippen molar-refractivity contribution in [2.75, 3.05) is 34.1 Å². The second kappa shape index (κ2) is 10.4. The number of ether oxygens (including phenoxy) is 1. The molecule has 1 aromatic heterocycles. The number of benzene rings is 2. The van der Waals surface area contributed by atoms with E-state index in [1.54, 1.807) is 42.5 Å². The number of nitrogens with zero attached hydrogens (tertiary/aromatic N) is 4. The number of nitrogens with one attached hydrogen (secondary N) is 2. The van der Waals surface area contributed by atoms with Crippen LogP contribution in [0.1, 0.15) is 11.1 Å². The number of rotatable bonds is 8. The molecule has 0 saturated heterocycles. The minimum Gasteiger partial charge on any atom is -0.497 e. The van der Waals surface area contributed by atoms with Crippen LogP contribution in [0.2, 0.25) is 0 Å². The molecule has 0 bridgehead atoms. The molecule has 0 unspecified atom stereocenters. The largest absolute Gasteiger partial charge is 0.497 e. The Kier molecular flexibility index (Phi) is 7.09. The molecular weight excluding hydrogens is 470 g/mol. The molecule has 9 nitrogen and oxygen atoms in total. The number of hydrogen-bond acceptors (Lipinski definition) is 6. The standard InChI is InChI=1S/C25H24F2N6O3/c1-4-22(34)29-19-7-5-6-8-20(19)30-24-28-12-16-13-32(17-9-15(2)10-18(11-17)36-3)25(35)33(14-21(26)27)23(16)31-24/h4-12,21H,1,13-14H2,2-3H3,(H,29,34)(H,28,30,31). The van der Waals surface area contributed by atoms with Gasteiger partial charge in [-0.15, -0.1) is 0 Å². The van der Waals surface area contributed by atoms with Gasteiger partial charge in [-0.05, 0) is 42.8 Å². The third-order valence-corrected chi connectivity index (χ3v) is 5.41. The summed E-state index contributed by atoms with van der Waals surface area (Å²) in [5.74, 6) is 0.298. The van der Waals surface area contributed by atoms with E-state index in [2.05, 4.69) is 27.2 Å². The van der Waals surface area contributed by atoms with Gasteiger partial charge in [-0.1, -0.05) is 18.7 Å². The number of hydrogen-bond donors (Lipinski definition) is 2. The Morgan fingerprint density at radius 2 is 2.00 bits per heavy atom. The lowest BCUT2D eigenvalue weighted by atomic mass is 10.1. The van der Waals surface area contributed by atoms with Crippen molar-refractivity contribution in [2.45, 2.75) is 19.9 Å². The molecule has 0 spiro atoms. The van der Waals surface area contributed by atoms with Crippen molar-refractivity contribution in [1.82, 2.24) is 9.97 Å². The van der Waals surface area contributed by atoms with Gasteiger partial charge in [0.2, 0.25) is 11.9 Å². The van der Waals surface area contributed by atoms with Crippen LogP contribution in [0.4, 0.5) is 42.4 Å². The van der Waals surface area contributed by atoms with Gasteiger partial charge in [0.05, 0.1) is 31.6 Å². The predicted octanol–water partition coefficient (Wildman–Crippen LogP) is 4.87. The third kappa shape index (κ3) is 5.24. The molecule has 0 atom stereocenters. The zero-order valence-electron chi connectivity index (χ0n) is 19.7. The number of urea groups is 1. The summed E-state index contributed by atoms with van der Waals surface area (Å²) in [5, 5.41) is 5.65. The predicted molar refractivity (Wildman–Crippen MR) is 133 cm³/mol. The zero-order valence-corrected chi connectivity index (χ0v) is 19.7. The van der Waals surface area contributed by atoms with Crippen LogP contribution in [0, 0.1) is 6.92 Å². The molecule has 0 fully saturated rings. The van der Waals surface area contributed by atoms with Crippen molar-refractivity contribution in [1.29, 1.82) is 0 Å². The molecule has 0 saturated carbocycles. The fourth-order valence-electron chi connectivity index (χ4n) is 3.79. The summed E-state index contributed by atoms with van der Waals surface area (Å²) in [6.07, 6.45) is -0.161. The zero-order chi connectivity index (χ0) is 25.8. The van der Waals surface area contributed by atoms with Crippen molar-refractivity contribution >= 4 is 40.8 Å². The van der Waals surface area contributed by atoms with Crippen molar-refractivity contribution in [2.24, 2.45) is 0 Å². The fraction of sp³-hybridized carbons (Fsp3) is 0.200. The average Bonchev–Trinajstić information content (AvgIpc) is 2.86. The summed E-state index contributed by atoms with van der Waals surface area (Å²) < 4.78 is 32.3. The van der Waals surface area contributed by atoms with Gasteiger partial charge in [-0.25, -0.2) is 18.6 Å². The number of para-hydroxylation sites is 2. The summed E-state index contributed by atoms with van der Waals surface area (Å²) in [7, 11) is 1.51. The van der Waals surface area contributed by atoms with E-state index in [0.29, 0.717) is 28.4 Å². The number of methoxy groups -OCH3 is 1. The lowest BCUT2D eigenvalue weighted by Crippen LogP contribution is -2.49. The topological polar surface area (TPSA) is 99.7 Å². The first kappa shape index (κ1) is 24.6. The van der Waals surface area contributed by atoms with Crippen LogP contribution < -0.4 is 25.2 Å². The highest BCUT2D eigenvalue weighted by atomic mass is 19.3. The highest BCUT2D eigenvalue weighted by Gasteiger charge is 2.35. The van der Waals surface area contributed by atoms with Gasteiger partial charge < -0.3 is 15.4 Å². The van der Waals surface area contributed by atoms with Crippen LogP contribution in [-0.4, -0.2) is 42.0 Å². The second-order valence-electron chi connectivity index (χ2n) is 7.99. The first-order valence-corrected chi connectivity index (χ1v) is 11.0. The lowest BCUT2D eigenvalue weighted by molar-refractivity contribution is -0.111. The number of aromatic nitrogens is 2. The van der Waals surface area contributed by atoms with Crippen LogP contribution >= 0.6 is 0 Å². The molecule has 3 amide bonds. The number of carbonyl (C=O) groups is 2. The molecule has 3 aromatic rings. The molecule has 1 aliphatic rings. The monoisotopic (exact) mass is 494 g/mol. The van der Waals surface area contributed by atoms with Crippen molar-refractivity contribution in [3.8, 4) is 5.75 Å². The van der Waals surface area contributed by atoms with E-state index in [4.69, 9.17) is 4.74 Å². The molecule has 4 rings (SSSR count). The van der Waals surface area contributed by atoms with Crippen LogP contribution in [-0.2, 0) is 11.3 Å². The highest BCUT2D eigenvalue weighted by Crippen LogP contribution is 2.34. The Labute approximate surface area is 206 Å². The first-order valence-electron chi connectivity index (χ1n) is 11.0. The maximum Gasteiger partial charge on any atom is 0.330 e. The Hall–Kier alpha value is -4.54. The summed E-state index contributed by atoms with van der Waals surface area (Å²) in [6, 6.07) is 11.4. The quantitative estimate of drug-likeness (QED) is 0.434. The van der Waals surface area contributed by atoms with E-state index in [1.807, 2.05) is 6.92 Å². The molecule has 186 valence electrons. The van der Waals surface area contributed by atoms with Gasteiger partial charge in [0.15, 0.2) is 0 Å². The van der Waals surface area contributed by atoms with Gasteiger partial charge in [0, 0.05) is 23.5 Å². The Bertz CT molecular complexity index is 1320. The average molecular weight is 495 g/mol. The number of carbonyl (C=O) groups excluding carboxylic acids is 2. The van der Waals surface area contributed by atoms with Crippen LogP contribution in [0.3, 0.4) is 0 Å². The molecule has 2 N–H and O–H groups in total. The summed E-state index contributed by atoms with van der Waals surface area (Å²) in [5.41, 5.74) is 2.78. The molecule has 1 aliphatic heterocycles. The van der Waals surface area contributed by atoms with E-state index in [9.17, 15) is 18.4 Å². The summed E-state index contributed by atoms with van der Waals surface area (Å²) in [6.45, 7) is 4.53. The van der Waals surface area contributed by atoms with Gasteiger partial charge in [0.1, 0.15) is 11.6 Å². The number of aryl methyl sites for hydroxylation is 1. The maximum absolute atomic E-state index is 13.5. The molecule has 0 radical (unpaired) electrons. The lowest BCUT2D eigenvalue weighted by Gasteiger charge is -2.36. The van der Waals surface area contributed by atoms with Crippen LogP contribution in [0.15, 0.2) is 61.3 Å². The Morgan fingerprint density at radius 3 is 2.69 bits per heavy atom. The Balaban J connectivity index is 1.69. The van der Waals surface area contributed by atoms with E-state index in [1.165, 1.54) is 18.2 Å². The van der Waals surface area contributed by atoms with Crippen molar-refractivity contribution in [3.63, 3.8) is 0 Å². The van der Waals surface area contributed by atoms with Crippen molar-refractivity contribution in [3.05, 3.63) is 72.4 Å². The summed E-state index contributed by atoms with van der Waals surface area (Å²) in [4.78, 5) is 36.1. The molecule has 11 heteroatoms. The van der Waals surface area contributed by atoms with Crippen molar-refractivity contribution < 1.29 is 23.1 Å². The SMILES string of the molecule is C=CC(=O)Nc1ccccc1Nc1ncc2c(n1)N(CC(F)F)C(=O)N(c1cc(C)cc(OC)c1)C2. The van der Waals surface area contributed by atoms with Crippen LogP contribution in [0.25, 0.3) is 0 Å². The number of halogens is 2. The minimum absolute atomic E-state index is 0.0757. The highest BCUT2D eigenvalue weighted by molar-refractivity contribution is 6.05. The van der Waals surface area contributed by atoms with Gasteiger partial charge in [-0.3, -0.25) is 14.6 Å². The Morgan fingerprint density at radius 1 is 1.25 bits per heavy atom. The number of alkyl halides is 2. The molecule has 2 heterocycles. The number of amides is 3. The summed E-state index contributed by atoms with van der Waals surface area (Å²) >= 11 is 0. The maximum atomic E-state index is 13.5. The van der Waals surface area contributed by atoms with E-state index >= 15 is 0 Å². The van der Waals surface area contributed by atoms with E-state index < -0.39 is 24.9 Å². The molecular formula is C25H24F2N6O3. The van der Waals surface area contributed by atoms with E-state index in [0.717, 1.165) is 16.5 Å². The van der Waals surface area contributed by atoms with Gasteiger partial charge >= 0.3 is 6.03 Å². The van der Waals surface area contributed by atoms with E-state index in [-0.39, 0.29) is 18.3 Å².